The van der Waals surface area contributed by atoms with E-state index in [0.29, 0.717) is 0 Å². The molecule has 1 aromatic carbocycles. The van der Waals surface area contributed by atoms with E-state index < -0.39 is 17.1 Å². The molecule has 0 fully saturated rings. The van der Waals surface area contributed by atoms with Gasteiger partial charge in [-0.1, -0.05) is 0 Å². The lowest BCUT2D eigenvalue weighted by molar-refractivity contribution is -0.385. The van der Waals surface area contributed by atoms with E-state index in [2.05, 4.69) is 15.9 Å². The largest absolute Gasteiger partial charge is 0.506 e. The number of aliphatic hydroxyl groups is 1. The van der Waals surface area contributed by atoms with Gasteiger partial charge in [-0.2, -0.15) is 0 Å². The summed E-state index contributed by atoms with van der Waals surface area (Å²) in [7, 11) is 0. The molecule has 6 nitrogen and oxygen atoms in total. The Kier molecular flexibility index (Phi) is 3.84. The minimum atomic E-state index is -0.917. The van der Waals surface area contributed by atoms with Crippen LogP contribution in [0.4, 0.5) is 5.69 Å². The Hall–Kier alpha value is -1.18. The molecule has 0 heterocycles. The Morgan fingerprint density at radius 3 is 2.56 bits per heavy atom. The molecule has 16 heavy (non-hydrogen) atoms. The smallest absolute Gasteiger partial charge is 0.271 e. The first-order valence-electron chi connectivity index (χ1n) is 4.45. The normalized spacial score (nSPS) is 14.5. The summed E-state index contributed by atoms with van der Waals surface area (Å²) in [4.78, 5) is 10.0. The molecule has 0 spiro atoms. The maximum absolute atomic E-state index is 10.6. The van der Waals surface area contributed by atoms with Gasteiger partial charge in [-0.25, -0.2) is 0 Å². The van der Waals surface area contributed by atoms with Gasteiger partial charge in [-0.15, -0.1) is 0 Å². The third-order valence-electron chi connectivity index (χ3n) is 2.17. The maximum Gasteiger partial charge on any atom is 0.271 e. The molecule has 0 aliphatic rings. The van der Waals surface area contributed by atoms with Crippen LogP contribution >= 0.6 is 15.9 Å². The highest BCUT2D eigenvalue weighted by Gasteiger charge is 2.21. The van der Waals surface area contributed by atoms with Gasteiger partial charge in [0.15, 0.2) is 0 Å². The zero-order valence-corrected chi connectivity index (χ0v) is 10.0. The lowest BCUT2D eigenvalue weighted by Gasteiger charge is -2.16. The molecular weight excluding hydrogens is 280 g/mol. The summed E-state index contributed by atoms with van der Waals surface area (Å²) in [6, 6.07) is 1.45. The van der Waals surface area contributed by atoms with Crippen LogP contribution < -0.4 is 5.73 Å². The molecule has 88 valence electrons. The molecule has 0 aliphatic heterocycles. The highest BCUT2D eigenvalue weighted by Crippen LogP contribution is 2.36. The average molecular weight is 291 g/mol. The molecule has 0 saturated carbocycles. The zero-order chi connectivity index (χ0) is 12.5. The average Bonchev–Trinajstić information content (AvgIpc) is 2.20. The predicted molar refractivity (Wildman–Crippen MR) is 61.1 cm³/mol. The second-order valence-corrected chi connectivity index (χ2v) is 4.24. The Bertz CT molecular complexity index is 422. The topological polar surface area (TPSA) is 110 Å². The molecule has 0 saturated heterocycles. The summed E-state index contributed by atoms with van der Waals surface area (Å²) >= 11 is 2.99. The van der Waals surface area contributed by atoms with E-state index in [-0.39, 0.29) is 21.5 Å². The monoisotopic (exact) mass is 290 g/mol. The maximum atomic E-state index is 10.6. The minimum Gasteiger partial charge on any atom is -0.506 e. The van der Waals surface area contributed by atoms with Crippen LogP contribution in [0.2, 0.25) is 0 Å². The van der Waals surface area contributed by atoms with Crippen molar-refractivity contribution < 1.29 is 15.1 Å². The Morgan fingerprint density at radius 2 is 2.12 bits per heavy atom. The molecule has 1 rings (SSSR count). The minimum absolute atomic E-state index is 0.135. The second-order valence-electron chi connectivity index (χ2n) is 3.39. The van der Waals surface area contributed by atoms with Gasteiger partial charge in [0.25, 0.3) is 5.69 Å². The van der Waals surface area contributed by atoms with Crippen molar-refractivity contribution in [2.24, 2.45) is 5.73 Å². The van der Waals surface area contributed by atoms with Gasteiger partial charge >= 0.3 is 0 Å². The van der Waals surface area contributed by atoms with Crippen LogP contribution in [0.3, 0.4) is 0 Å². The number of hydrogen-bond donors (Lipinski definition) is 3. The van der Waals surface area contributed by atoms with Gasteiger partial charge in [0.05, 0.1) is 21.5 Å². The summed E-state index contributed by atoms with van der Waals surface area (Å²) in [6.07, 6.45) is -0.917. The number of halogens is 1. The number of rotatable bonds is 3. The summed E-state index contributed by atoms with van der Waals surface area (Å²) in [6.45, 7) is 1.44. The van der Waals surface area contributed by atoms with E-state index in [9.17, 15) is 20.3 Å². The Labute approximate surface area is 100.0 Å². The van der Waals surface area contributed by atoms with Crippen LogP contribution in [-0.4, -0.2) is 21.2 Å². The standard InChI is InChI=1S/C9H11BrN2O4/c1-4(13)8(11)6-2-5(12(15)16)3-7(10)9(6)14/h2-4,8,13-14H,11H2,1H3/t4-,8-/m0/s1. The number of phenolic OH excluding ortho intramolecular Hbond substituents is 1. The predicted octanol–water partition coefficient (Wildman–Crippen LogP) is 1.44. The van der Waals surface area contributed by atoms with E-state index >= 15 is 0 Å². The van der Waals surface area contributed by atoms with E-state index in [1.807, 2.05) is 0 Å². The van der Waals surface area contributed by atoms with Gasteiger partial charge < -0.3 is 15.9 Å². The number of aliphatic hydroxyl groups excluding tert-OH is 1. The van der Waals surface area contributed by atoms with Crippen LogP contribution in [0.15, 0.2) is 16.6 Å². The molecule has 1 aromatic rings. The number of nitro benzene ring substituents is 1. The van der Waals surface area contributed by atoms with E-state index in [4.69, 9.17) is 5.73 Å². The van der Waals surface area contributed by atoms with Gasteiger partial charge in [0.1, 0.15) is 5.75 Å². The van der Waals surface area contributed by atoms with Crippen molar-refractivity contribution in [2.75, 3.05) is 0 Å². The SMILES string of the molecule is C[C@H](O)[C@H](N)c1cc([N+](=O)[O-])cc(Br)c1O. The molecule has 0 aliphatic carbocycles. The molecule has 7 heteroatoms. The highest BCUT2D eigenvalue weighted by molar-refractivity contribution is 9.10. The second kappa shape index (κ2) is 4.77. The first-order valence-corrected chi connectivity index (χ1v) is 5.24. The number of hydrogen-bond acceptors (Lipinski definition) is 5. The first kappa shape index (κ1) is 12.9. The molecule has 0 radical (unpaired) electrons. The van der Waals surface area contributed by atoms with E-state index in [1.54, 1.807) is 0 Å². The summed E-state index contributed by atoms with van der Waals surface area (Å²) in [5.41, 5.74) is 5.56. The van der Waals surface area contributed by atoms with Gasteiger partial charge in [0.2, 0.25) is 0 Å². The Balaban J connectivity index is 3.32. The first-order chi connectivity index (χ1) is 7.34. The summed E-state index contributed by atoms with van der Waals surface area (Å²) in [5.74, 6) is -0.195. The molecule has 0 amide bonds. The van der Waals surface area contributed by atoms with Gasteiger partial charge in [0, 0.05) is 17.7 Å². The van der Waals surface area contributed by atoms with Crippen molar-refractivity contribution in [1.82, 2.24) is 0 Å². The lowest BCUT2D eigenvalue weighted by Crippen LogP contribution is -2.23. The molecule has 0 bridgehead atoms. The van der Waals surface area contributed by atoms with E-state index in [0.717, 1.165) is 6.07 Å². The van der Waals surface area contributed by atoms with Crippen molar-refractivity contribution in [3.05, 3.63) is 32.3 Å². The number of benzene rings is 1. The van der Waals surface area contributed by atoms with Crippen LogP contribution in [0, 0.1) is 10.1 Å². The molecule has 0 unspecified atom stereocenters. The van der Waals surface area contributed by atoms with Crippen molar-refractivity contribution in [3.63, 3.8) is 0 Å². The fourth-order valence-electron chi connectivity index (χ4n) is 1.22. The van der Waals surface area contributed by atoms with Crippen molar-refractivity contribution >= 4 is 21.6 Å². The molecule has 0 aromatic heterocycles. The van der Waals surface area contributed by atoms with Crippen molar-refractivity contribution in [3.8, 4) is 5.75 Å². The lowest BCUT2D eigenvalue weighted by atomic mass is 10.0. The number of nitro groups is 1. The number of nitrogens with two attached hydrogens (primary N) is 1. The van der Waals surface area contributed by atoms with Crippen molar-refractivity contribution in [2.45, 2.75) is 19.1 Å². The summed E-state index contributed by atoms with van der Waals surface area (Å²) in [5, 5.41) is 29.6. The summed E-state index contributed by atoms with van der Waals surface area (Å²) < 4.78 is 0.174. The Morgan fingerprint density at radius 1 is 1.56 bits per heavy atom. The molecular formula is C9H11BrN2O4. The number of nitrogens with zero attached hydrogens (tertiary/aromatic N) is 1. The number of non-ortho nitro benzene ring substituents is 1. The molecule has 2 atom stereocenters. The zero-order valence-electron chi connectivity index (χ0n) is 8.42. The fraction of sp³-hybridized carbons (Fsp3) is 0.333. The van der Waals surface area contributed by atoms with Crippen LogP contribution in [0.25, 0.3) is 0 Å². The molecule has 4 N–H and O–H groups in total. The van der Waals surface area contributed by atoms with Crippen LogP contribution in [-0.2, 0) is 0 Å². The number of phenols is 1. The van der Waals surface area contributed by atoms with Crippen LogP contribution in [0.1, 0.15) is 18.5 Å². The third-order valence-corrected chi connectivity index (χ3v) is 2.77. The van der Waals surface area contributed by atoms with Crippen molar-refractivity contribution in [1.29, 1.82) is 0 Å². The van der Waals surface area contributed by atoms with Gasteiger partial charge in [-0.3, -0.25) is 10.1 Å². The quantitative estimate of drug-likeness (QED) is 0.576. The highest BCUT2D eigenvalue weighted by atomic mass is 79.9. The van der Waals surface area contributed by atoms with Gasteiger partial charge in [-0.05, 0) is 22.9 Å². The van der Waals surface area contributed by atoms with E-state index in [1.165, 1.54) is 13.0 Å². The van der Waals surface area contributed by atoms with Crippen LogP contribution in [0.5, 0.6) is 5.75 Å². The fourth-order valence-corrected chi connectivity index (χ4v) is 1.69. The number of aromatic hydroxyl groups is 1. The third kappa shape index (κ3) is 2.49.